The molecule has 26 heavy (non-hydrogen) atoms. The van der Waals surface area contributed by atoms with Crippen LogP contribution in [-0.4, -0.2) is 4.98 Å². The van der Waals surface area contributed by atoms with Crippen molar-refractivity contribution in [3.63, 3.8) is 0 Å². The van der Waals surface area contributed by atoms with E-state index in [9.17, 15) is 13.2 Å². The molecule has 0 aliphatic heterocycles. The third-order valence-corrected chi connectivity index (χ3v) is 3.63. The molecule has 0 atom stereocenters. The van der Waals surface area contributed by atoms with Crippen LogP contribution in [0.25, 0.3) is 12.2 Å². The van der Waals surface area contributed by atoms with Gasteiger partial charge in [-0.3, -0.25) is 0 Å². The quantitative estimate of drug-likeness (QED) is 0.582. The molecule has 6 heteroatoms. The molecule has 0 N–H and O–H groups in total. The smallest absolute Gasteiger partial charge is 0.416 e. The predicted molar refractivity (Wildman–Crippen MR) is 92.4 cm³/mol. The molecular formula is C20H16F3NO2. The molecule has 0 amide bonds. The van der Waals surface area contributed by atoms with Crippen LogP contribution < -0.4 is 4.74 Å². The van der Waals surface area contributed by atoms with Gasteiger partial charge in [-0.15, -0.1) is 0 Å². The number of alkyl halides is 3. The third kappa shape index (κ3) is 4.75. The third-order valence-electron chi connectivity index (χ3n) is 3.63. The highest BCUT2D eigenvalue weighted by molar-refractivity contribution is 5.66. The Kier molecular flexibility index (Phi) is 5.11. The lowest BCUT2D eigenvalue weighted by molar-refractivity contribution is -0.137. The van der Waals surface area contributed by atoms with Crippen molar-refractivity contribution >= 4 is 12.2 Å². The van der Waals surface area contributed by atoms with Gasteiger partial charge in [0, 0.05) is 6.08 Å². The van der Waals surface area contributed by atoms with E-state index in [0.717, 1.165) is 23.4 Å². The summed E-state index contributed by atoms with van der Waals surface area (Å²) in [4.78, 5) is 4.26. The zero-order valence-corrected chi connectivity index (χ0v) is 14.0. The van der Waals surface area contributed by atoms with E-state index < -0.39 is 11.7 Å². The first kappa shape index (κ1) is 17.8. The largest absolute Gasteiger partial charge is 0.487 e. The van der Waals surface area contributed by atoms with Crippen molar-refractivity contribution in [2.75, 3.05) is 0 Å². The normalized spacial score (nSPS) is 11.8. The molecule has 1 aromatic heterocycles. The Hall–Kier alpha value is -3.02. The number of aromatic nitrogens is 1. The van der Waals surface area contributed by atoms with Gasteiger partial charge in [-0.25, -0.2) is 4.98 Å². The number of ether oxygens (including phenoxy) is 1. The summed E-state index contributed by atoms with van der Waals surface area (Å²) < 4.78 is 48.5. The molecule has 0 spiro atoms. The van der Waals surface area contributed by atoms with E-state index in [1.54, 1.807) is 12.2 Å². The molecule has 1 heterocycles. The summed E-state index contributed by atoms with van der Waals surface area (Å²) in [5, 5.41) is 0. The molecule has 2 aromatic carbocycles. The molecule has 0 saturated heterocycles. The second kappa shape index (κ2) is 7.47. The van der Waals surface area contributed by atoms with E-state index >= 15 is 0 Å². The van der Waals surface area contributed by atoms with Crippen LogP contribution in [0.4, 0.5) is 13.2 Å². The SMILES string of the molecule is Cc1ccc(OCc2coc(/C=C/c3ccc(C(F)(F)F)cc3)n2)cc1. The number of aryl methyl sites for hydroxylation is 1. The van der Waals surface area contributed by atoms with Crippen molar-refractivity contribution < 1.29 is 22.3 Å². The Labute approximate surface area is 148 Å². The van der Waals surface area contributed by atoms with Crippen LogP contribution in [0.2, 0.25) is 0 Å². The lowest BCUT2D eigenvalue weighted by Gasteiger charge is -2.05. The van der Waals surface area contributed by atoms with Gasteiger partial charge in [0.25, 0.3) is 0 Å². The molecule has 134 valence electrons. The molecule has 3 aromatic rings. The zero-order valence-electron chi connectivity index (χ0n) is 14.0. The number of halogens is 3. The van der Waals surface area contributed by atoms with E-state index in [1.165, 1.54) is 18.4 Å². The average Bonchev–Trinajstić information content (AvgIpc) is 3.07. The van der Waals surface area contributed by atoms with Gasteiger partial charge in [-0.1, -0.05) is 29.8 Å². The van der Waals surface area contributed by atoms with Crippen LogP contribution in [0, 0.1) is 6.92 Å². The van der Waals surface area contributed by atoms with Crippen LogP contribution in [0.5, 0.6) is 5.75 Å². The average molecular weight is 359 g/mol. The molecular weight excluding hydrogens is 343 g/mol. The van der Waals surface area contributed by atoms with Crippen molar-refractivity contribution in [1.29, 1.82) is 0 Å². The van der Waals surface area contributed by atoms with Gasteiger partial charge in [0.2, 0.25) is 5.89 Å². The van der Waals surface area contributed by atoms with Gasteiger partial charge in [-0.2, -0.15) is 13.2 Å². The summed E-state index contributed by atoms with van der Waals surface area (Å²) in [6.45, 7) is 2.26. The number of rotatable bonds is 5. The fourth-order valence-electron chi connectivity index (χ4n) is 2.21. The zero-order chi connectivity index (χ0) is 18.6. The Morgan fingerprint density at radius 1 is 1.00 bits per heavy atom. The minimum absolute atomic E-state index is 0.265. The highest BCUT2D eigenvalue weighted by atomic mass is 19.4. The Morgan fingerprint density at radius 2 is 1.69 bits per heavy atom. The first-order valence-corrected chi connectivity index (χ1v) is 7.89. The van der Waals surface area contributed by atoms with Crippen molar-refractivity contribution in [3.8, 4) is 5.75 Å². The number of hydrogen-bond acceptors (Lipinski definition) is 3. The maximum absolute atomic E-state index is 12.5. The second-order valence-electron chi connectivity index (χ2n) is 5.73. The van der Waals surface area contributed by atoms with E-state index in [-0.39, 0.29) is 6.61 Å². The number of nitrogens with zero attached hydrogens (tertiary/aromatic N) is 1. The monoisotopic (exact) mass is 359 g/mol. The van der Waals surface area contributed by atoms with Crippen LogP contribution in [0.15, 0.2) is 59.2 Å². The molecule has 0 unspecified atom stereocenters. The van der Waals surface area contributed by atoms with E-state index in [4.69, 9.17) is 9.15 Å². The molecule has 0 aliphatic carbocycles. The number of oxazole rings is 1. The summed E-state index contributed by atoms with van der Waals surface area (Å²) in [6, 6.07) is 12.5. The minimum atomic E-state index is -4.34. The first-order valence-electron chi connectivity index (χ1n) is 7.89. The summed E-state index contributed by atoms with van der Waals surface area (Å²) in [7, 11) is 0. The fourth-order valence-corrected chi connectivity index (χ4v) is 2.21. The van der Waals surface area contributed by atoms with Crippen molar-refractivity contribution in [2.24, 2.45) is 0 Å². The van der Waals surface area contributed by atoms with Gasteiger partial charge < -0.3 is 9.15 Å². The van der Waals surface area contributed by atoms with Gasteiger partial charge in [0.05, 0.1) is 5.56 Å². The molecule has 0 bridgehead atoms. The highest BCUT2D eigenvalue weighted by Crippen LogP contribution is 2.29. The van der Waals surface area contributed by atoms with Gasteiger partial charge in [0.1, 0.15) is 24.3 Å². The Morgan fingerprint density at radius 3 is 2.35 bits per heavy atom. The van der Waals surface area contributed by atoms with Crippen molar-refractivity contribution in [3.05, 3.63) is 83.1 Å². The second-order valence-corrected chi connectivity index (χ2v) is 5.73. The lowest BCUT2D eigenvalue weighted by atomic mass is 10.1. The lowest BCUT2D eigenvalue weighted by Crippen LogP contribution is -2.03. The molecule has 0 aliphatic rings. The standard InChI is InChI=1S/C20H16F3NO2/c1-14-2-9-18(10-3-14)25-12-17-13-26-19(24-17)11-6-15-4-7-16(8-5-15)20(21,22)23/h2-11,13H,12H2,1H3/b11-6+. The first-order chi connectivity index (χ1) is 12.4. The number of hydrogen-bond donors (Lipinski definition) is 0. The molecule has 0 radical (unpaired) electrons. The summed E-state index contributed by atoms with van der Waals surface area (Å²) >= 11 is 0. The Bertz CT molecular complexity index is 879. The van der Waals surface area contributed by atoms with Crippen LogP contribution in [0.1, 0.15) is 28.3 Å². The van der Waals surface area contributed by atoms with Crippen LogP contribution >= 0.6 is 0 Å². The predicted octanol–water partition coefficient (Wildman–Crippen LogP) is 5.75. The molecule has 0 saturated carbocycles. The highest BCUT2D eigenvalue weighted by Gasteiger charge is 2.29. The van der Waals surface area contributed by atoms with Gasteiger partial charge >= 0.3 is 6.18 Å². The maximum atomic E-state index is 12.5. The molecule has 0 fully saturated rings. The maximum Gasteiger partial charge on any atom is 0.416 e. The van der Waals surface area contributed by atoms with Crippen molar-refractivity contribution in [1.82, 2.24) is 4.98 Å². The van der Waals surface area contributed by atoms with E-state index in [1.807, 2.05) is 31.2 Å². The van der Waals surface area contributed by atoms with E-state index in [2.05, 4.69) is 4.98 Å². The summed E-state index contributed by atoms with van der Waals surface area (Å²) in [6.07, 6.45) is 0.381. The van der Waals surface area contributed by atoms with Gasteiger partial charge in [0.15, 0.2) is 0 Å². The minimum Gasteiger partial charge on any atom is -0.487 e. The van der Waals surface area contributed by atoms with Crippen molar-refractivity contribution in [2.45, 2.75) is 19.7 Å². The summed E-state index contributed by atoms with van der Waals surface area (Å²) in [5.41, 5.74) is 1.71. The molecule has 3 nitrogen and oxygen atoms in total. The topological polar surface area (TPSA) is 35.3 Å². The van der Waals surface area contributed by atoms with E-state index in [0.29, 0.717) is 17.1 Å². The van der Waals surface area contributed by atoms with Crippen LogP contribution in [-0.2, 0) is 12.8 Å². The van der Waals surface area contributed by atoms with Crippen LogP contribution in [0.3, 0.4) is 0 Å². The Balaban J connectivity index is 1.59. The molecule has 3 rings (SSSR count). The summed E-state index contributed by atoms with van der Waals surface area (Å²) in [5.74, 6) is 1.09. The number of benzene rings is 2. The van der Waals surface area contributed by atoms with Gasteiger partial charge in [-0.05, 0) is 42.8 Å². The fraction of sp³-hybridized carbons (Fsp3) is 0.150.